The SMILES string of the molecule is Oc1cccc(-c2ccc(-n3c(-c4ccccc4)nc4ccccc43)cc2)c1C1=CC(c2ccc3c(c2)c2cc(-c4ccc5c(c4)C4C=CC=CC4N5c4ccccc4)ccc2n3-c2ccccc2)CCC#C1. The van der Waals surface area contributed by atoms with E-state index < -0.39 is 0 Å². The predicted molar refractivity (Wildman–Crippen MR) is 301 cm³/mol. The molecule has 9 aromatic carbocycles. The summed E-state index contributed by atoms with van der Waals surface area (Å²) in [6.07, 6.45) is 13.0. The third-order valence-electron chi connectivity index (χ3n) is 15.2. The Morgan fingerprint density at radius 1 is 0.521 bits per heavy atom. The number of hydrogen-bond acceptors (Lipinski definition) is 3. The average Bonchev–Trinajstić information content (AvgIpc) is 4.05. The van der Waals surface area contributed by atoms with Crippen molar-refractivity contribution in [3.05, 3.63) is 259 Å². The average molecular weight is 937 g/mol. The van der Waals surface area contributed by atoms with Crippen LogP contribution in [0.4, 0.5) is 11.4 Å². The summed E-state index contributed by atoms with van der Waals surface area (Å²) in [5.41, 5.74) is 18.5. The topological polar surface area (TPSA) is 46.2 Å². The van der Waals surface area contributed by atoms with Crippen LogP contribution in [0.3, 0.4) is 0 Å². The molecule has 2 aliphatic carbocycles. The molecule has 11 aromatic rings. The number of aromatic nitrogens is 3. The molecule has 1 N–H and O–H groups in total. The number of phenolic OH excluding ortho intramolecular Hbond substituents is 1. The number of imidazole rings is 1. The zero-order valence-electron chi connectivity index (χ0n) is 40.0. The van der Waals surface area contributed by atoms with Crippen molar-refractivity contribution in [1.29, 1.82) is 0 Å². The van der Waals surface area contributed by atoms with Gasteiger partial charge in [0.1, 0.15) is 11.6 Å². The molecule has 2 aromatic heterocycles. The van der Waals surface area contributed by atoms with Gasteiger partial charge in [-0.25, -0.2) is 4.98 Å². The van der Waals surface area contributed by atoms with Gasteiger partial charge in [0.2, 0.25) is 0 Å². The van der Waals surface area contributed by atoms with E-state index in [9.17, 15) is 5.11 Å². The van der Waals surface area contributed by atoms with Crippen LogP contribution in [0.15, 0.2) is 243 Å². The summed E-state index contributed by atoms with van der Waals surface area (Å²) in [4.78, 5) is 7.55. The first-order valence-electron chi connectivity index (χ1n) is 25.3. The summed E-state index contributed by atoms with van der Waals surface area (Å²) in [5.74, 6) is 8.42. The number of benzene rings is 9. The molecule has 3 heterocycles. The van der Waals surface area contributed by atoms with E-state index in [2.05, 4.69) is 244 Å². The first-order valence-corrected chi connectivity index (χ1v) is 25.3. The fourth-order valence-electron chi connectivity index (χ4n) is 11.8. The van der Waals surface area contributed by atoms with Gasteiger partial charge in [-0.1, -0.05) is 164 Å². The Bertz CT molecular complexity index is 4110. The molecule has 0 bridgehead atoms. The van der Waals surface area contributed by atoms with Crippen LogP contribution in [-0.2, 0) is 0 Å². The van der Waals surface area contributed by atoms with Gasteiger partial charge in [-0.05, 0) is 131 Å². The second-order valence-corrected chi connectivity index (χ2v) is 19.3. The number of aromatic hydroxyl groups is 1. The van der Waals surface area contributed by atoms with Crippen LogP contribution >= 0.6 is 0 Å². The molecule has 0 saturated heterocycles. The van der Waals surface area contributed by atoms with Crippen molar-refractivity contribution >= 4 is 49.8 Å². The number of fused-ring (bicyclic) bond motifs is 7. The summed E-state index contributed by atoms with van der Waals surface area (Å²) < 4.78 is 4.63. The van der Waals surface area contributed by atoms with Gasteiger partial charge in [0.05, 0.1) is 28.1 Å². The van der Waals surface area contributed by atoms with E-state index in [0.717, 1.165) is 74.4 Å². The third kappa shape index (κ3) is 7.22. The van der Waals surface area contributed by atoms with Crippen molar-refractivity contribution in [2.45, 2.75) is 30.7 Å². The summed E-state index contributed by atoms with van der Waals surface area (Å²) in [6.45, 7) is 0. The number of allylic oxidation sites excluding steroid dienone is 4. The van der Waals surface area contributed by atoms with Gasteiger partial charge in [-0.2, -0.15) is 0 Å². The smallest absolute Gasteiger partial charge is 0.145 e. The first kappa shape index (κ1) is 42.5. The van der Waals surface area contributed by atoms with Gasteiger partial charge >= 0.3 is 0 Å². The lowest BCUT2D eigenvalue weighted by atomic mass is 9.88. The van der Waals surface area contributed by atoms with E-state index in [1.807, 2.05) is 18.2 Å². The van der Waals surface area contributed by atoms with E-state index >= 15 is 0 Å². The van der Waals surface area contributed by atoms with E-state index in [4.69, 9.17) is 4.98 Å². The fourth-order valence-corrected chi connectivity index (χ4v) is 11.8. The van der Waals surface area contributed by atoms with Crippen LogP contribution in [0.2, 0.25) is 0 Å². The van der Waals surface area contributed by atoms with Crippen molar-refractivity contribution in [1.82, 2.24) is 14.1 Å². The van der Waals surface area contributed by atoms with Crippen LogP contribution in [-0.4, -0.2) is 25.3 Å². The summed E-state index contributed by atoms with van der Waals surface area (Å²) in [6, 6.07) is 75.7. The number of anilines is 2. The van der Waals surface area contributed by atoms with Crippen LogP contribution in [0.25, 0.3) is 83.4 Å². The Morgan fingerprint density at radius 3 is 2.01 bits per heavy atom. The minimum atomic E-state index is 0.0517. The van der Waals surface area contributed by atoms with Crippen LogP contribution in [0.5, 0.6) is 5.75 Å². The third-order valence-corrected chi connectivity index (χ3v) is 15.2. The Balaban J connectivity index is 0.849. The van der Waals surface area contributed by atoms with Crippen molar-refractivity contribution in [2.75, 3.05) is 4.90 Å². The lowest BCUT2D eigenvalue weighted by Crippen LogP contribution is -2.28. The van der Waals surface area contributed by atoms with Crippen LogP contribution < -0.4 is 4.90 Å². The zero-order valence-corrected chi connectivity index (χ0v) is 40.0. The van der Waals surface area contributed by atoms with Crippen molar-refractivity contribution < 1.29 is 5.11 Å². The fraction of sp³-hybridized carbons (Fsp3) is 0.0735. The molecular formula is C68H48N4O. The van der Waals surface area contributed by atoms with Gasteiger partial charge in [0.15, 0.2) is 0 Å². The highest BCUT2D eigenvalue weighted by molar-refractivity contribution is 6.11. The molecule has 14 rings (SSSR count). The van der Waals surface area contributed by atoms with E-state index in [1.165, 1.54) is 49.9 Å². The Morgan fingerprint density at radius 2 is 1.19 bits per heavy atom. The van der Waals surface area contributed by atoms with Crippen molar-refractivity contribution in [3.63, 3.8) is 0 Å². The summed E-state index contributed by atoms with van der Waals surface area (Å²) in [5, 5.41) is 14.2. The molecular weight excluding hydrogens is 889 g/mol. The van der Waals surface area contributed by atoms with E-state index in [1.54, 1.807) is 6.07 Å². The number of phenols is 1. The number of para-hydroxylation sites is 4. The molecule has 0 fully saturated rings. The molecule has 1 aliphatic heterocycles. The lowest BCUT2D eigenvalue weighted by molar-refractivity contribution is 0.474. The highest BCUT2D eigenvalue weighted by Crippen LogP contribution is 2.49. The second-order valence-electron chi connectivity index (χ2n) is 19.3. The molecule has 3 unspecified atom stereocenters. The monoisotopic (exact) mass is 936 g/mol. The zero-order chi connectivity index (χ0) is 48.4. The van der Waals surface area contributed by atoms with Gasteiger partial charge < -0.3 is 14.6 Å². The van der Waals surface area contributed by atoms with E-state index in [0.29, 0.717) is 0 Å². The Hall–Kier alpha value is -9.37. The van der Waals surface area contributed by atoms with Crippen LogP contribution in [0.1, 0.15) is 41.4 Å². The highest BCUT2D eigenvalue weighted by atomic mass is 16.3. The minimum Gasteiger partial charge on any atom is -0.507 e. The number of rotatable bonds is 8. The normalized spacial score (nSPS) is 16.8. The minimum absolute atomic E-state index is 0.0517. The molecule has 0 radical (unpaired) electrons. The quantitative estimate of drug-likeness (QED) is 0.154. The maximum atomic E-state index is 11.8. The number of nitrogens with zero attached hydrogens (tertiary/aromatic N) is 4. The molecule has 346 valence electrons. The Kier molecular flexibility index (Phi) is 10.2. The lowest BCUT2D eigenvalue weighted by Gasteiger charge is -2.28. The molecule has 73 heavy (non-hydrogen) atoms. The molecule has 5 nitrogen and oxygen atoms in total. The maximum Gasteiger partial charge on any atom is 0.145 e. The van der Waals surface area contributed by atoms with Gasteiger partial charge in [0.25, 0.3) is 0 Å². The first-order chi connectivity index (χ1) is 36.1. The summed E-state index contributed by atoms with van der Waals surface area (Å²) >= 11 is 0. The molecule has 0 spiro atoms. The molecule has 0 amide bonds. The maximum absolute atomic E-state index is 11.8. The summed E-state index contributed by atoms with van der Waals surface area (Å²) in [7, 11) is 0. The van der Waals surface area contributed by atoms with Gasteiger partial charge in [-0.15, -0.1) is 0 Å². The molecule has 5 heteroatoms. The highest BCUT2D eigenvalue weighted by Gasteiger charge is 2.37. The molecule has 3 aliphatic rings. The van der Waals surface area contributed by atoms with Crippen molar-refractivity contribution in [2.24, 2.45) is 0 Å². The van der Waals surface area contributed by atoms with Gasteiger partial charge in [0, 0.05) is 68.5 Å². The number of hydrogen-bond donors (Lipinski definition) is 1. The van der Waals surface area contributed by atoms with Crippen molar-refractivity contribution in [3.8, 4) is 62.6 Å². The second kappa shape index (κ2) is 17.5. The standard InChI is InChI=1S/C68H48N4O/c73-66-30-16-26-55(45-31-36-54(37-32-45)72-65-29-15-13-27-60(65)69-68(72)46-17-4-1-5-18-46)67(66)51-20-11-10-19-47(41-51)48-33-39-63-58(43-48)59-44-50(35-40-64(59)71(63)53-23-8-3-9-24-53)49-34-38-62-57(42-49)56-25-12-14-28-61(56)70(62)52-21-6-2-7-22-52/h1-9,12-18,21-44,47,56,61,73H,10,19H2. The largest absolute Gasteiger partial charge is 0.507 e. The van der Waals surface area contributed by atoms with Crippen LogP contribution in [0, 0.1) is 11.8 Å². The predicted octanol–water partition coefficient (Wildman–Crippen LogP) is 16.5. The molecule has 3 atom stereocenters. The van der Waals surface area contributed by atoms with E-state index in [-0.39, 0.29) is 23.6 Å². The Labute approximate surface area is 424 Å². The van der Waals surface area contributed by atoms with Gasteiger partial charge in [-0.3, -0.25) is 4.57 Å². The molecule has 0 saturated carbocycles.